The Morgan fingerprint density at radius 3 is 1.88 bits per heavy atom. The summed E-state index contributed by atoms with van der Waals surface area (Å²) in [4.78, 5) is 13.9. The van der Waals surface area contributed by atoms with E-state index in [9.17, 15) is 57.1 Å². The minimum absolute atomic E-state index is 0.163. The third-order valence-corrected chi connectivity index (χ3v) is 10.3. The normalized spacial score (nSPS) is 25.5. The van der Waals surface area contributed by atoms with E-state index >= 15 is 0 Å². The van der Waals surface area contributed by atoms with E-state index in [1.165, 1.54) is 6.92 Å². The van der Waals surface area contributed by atoms with Gasteiger partial charge in [-0.1, -0.05) is 24.3 Å². The number of alkyl halides is 9. The van der Waals surface area contributed by atoms with Crippen LogP contribution in [0.15, 0.2) is 53.4 Å². The number of hydrogen-bond donors (Lipinski definition) is 0. The fraction of sp³-hybridized carbons (Fsp3) is 0.500. The topological polar surface area (TPSA) is 63.7 Å². The van der Waals surface area contributed by atoms with Gasteiger partial charge in [0.15, 0.2) is 9.84 Å². The third-order valence-electron chi connectivity index (χ3n) is 7.77. The zero-order valence-corrected chi connectivity index (χ0v) is 22.4. The number of likely N-dealkylation sites (tertiary alicyclic amines) is 1. The maximum Gasteiger partial charge on any atom is 0.435 e. The molecule has 0 N–H and O–H groups in total. The molecule has 0 aromatic heterocycles. The molecule has 2 aliphatic heterocycles. The molecule has 2 fully saturated rings. The summed E-state index contributed by atoms with van der Waals surface area (Å²) in [6.45, 7) is -0.871. The smallest absolute Gasteiger partial charge is 0.359 e. The molecule has 0 bridgehead atoms. The first kappa shape index (κ1) is 32.0. The SMILES string of the molecule is C[C@]1(C(=O)N2CC[C@](c3ccc(C(F)(C(F)(F)F)C(F)(F)F)cc3)(S(=O)(=O)c3ccc(F)cc3)C2)CCC(F)(F)CO1. The van der Waals surface area contributed by atoms with E-state index in [2.05, 4.69) is 0 Å². The van der Waals surface area contributed by atoms with Gasteiger partial charge in [-0.2, -0.15) is 26.3 Å². The number of ether oxygens (including phenoxy) is 1. The number of halogens is 10. The van der Waals surface area contributed by atoms with Crippen LogP contribution in [0.3, 0.4) is 0 Å². The van der Waals surface area contributed by atoms with Crippen molar-refractivity contribution in [3.63, 3.8) is 0 Å². The lowest BCUT2D eigenvalue weighted by molar-refractivity contribution is -0.348. The molecule has 0 unspecified atom stereocenters. The standard InChI is InChI=1S/C26H23F10NO4S/c1-21(10-11-23(28,29)15-41-21)20(38)37-13-12-22(14-37,42(39,40)19-8-6-18(27)7-9-19)16-2-4-17(5-3-16)24(30,25(31,32)33)26(34,35)36/h2-9H,10-15H2,1H3/t21-,22+/m1/s1. The molecule has 4 rings (SSSR count). The molecule has 0 saturated carbocycles. The van der Waals surface area contributed by atoms with Crippen molar-refractivity contribution in [2.24, 2.45) is 0 Å². The van der Waals surface area contributed by atoms with Crippen LogP contribution in [0.2, 0.25) is 0 Å². The van der Waals surface area contributed by atoms with Gasteiger partial charge in [-0.15, -0.1) is 0 Å². The quantitative estimate of drug-likeness (QED) is 0.289. The monoisotopic (exact) mass is 635 g/mol. The first-order valence-corrected chi connectivity index (χ1v) is 13.8. The molecule has 2 aliphatic rings. The summed E-state index contributed by atoms with van der Waals surface area (Å²) in [6.07, 6.45) is -14.4. The van der Waals surface area contributed by atoms with Gasteiger partial charge in [0, 0.05) is 25.1 Å². The number of rotatable bonds is 5. The average Bonchev–Trinajstić information content (AvgIpc) is 3.36. The Balaban J connectivity index is 1.79. The van der Waals surface area contributed by atoms with Crippen LogP contribution in [-0.4, -0.2) is 62.8 Å². The number of hydrogen-bond acceptors (Lipinski definition) is 4. The van der Waals surface area contributed by atoms with Crippen molar-refractivity contribution in [1.82, 2.24) is 4.90 Å². The number of amides is 1. The first-order chi connectivity index (χ1) is 19.1. The summed E-state index contributed by atoms with van der Waals surface area (Å²) in [6, 6.07) is 4.90. The van der Waals surface area contributed by atoms with Crippen molar-refractivity contribution >= 4 is 15.7 Å². The molecular formula is C26H23F10NO4S. The van der Waals surface area contributed by atoms with Crippen molar-refractivity contribution in [2.75, 3.05) is 19.7 Å². The maximum absolute atomic E-state index is 14.6. The number of carbonyl (C=O) groups is 1. The molecule has 2 aromatic carbocycles. The Bertz CT molecular complexity index is 1420. The molecule has 2 saturated heterocycles. The Morgan fingerprint density at radius 1 is 0.857 bits per heavy atom. The predicted octanol–water partition coefficient (Wildman–Crippen LogP) is 6.22. The van der Waals surface area contributed by atoms with Crippen molar-refractivity contribution < 1.29 is 61.9 Å². The zero-order chi connectivity index (χ0) is 31.6. The Kier molecular flexibility index (Phi) is 7.70. The van der Waals surface area contributed by atoms with E-state index in [1.807, 2.05) is 0 Å². The Hall–Kier alpha value is -2.88. The van der Waals surface area contributed by atoms with Gasteiger partial charge >= 0.3 is 18.0 Å². The van der Waals surface area contributed by atoms with Crippen molar-refractivity contribution in [2.45, 2.75) is 65.4 Å². The molecule has 16 heteroatoms. The minimum atomic E-state index is -6.41. The summed E-state index contributed by atoms with van der Waals surface area (Å²) >= 11 is 0. The number of nitrogens with zero attached hydrogens (tertiary/aromatic N) is 1. The summed E-state index contributed by atoms with van der Waals surface area (Å²) in [5, 5.41) is 0. The van der Waals surface area contributed by atoms with E-state index in [0.29, 0.717) is 12.1 Å². The number of sulfone groups is 1. The van der Waals surface area contributed by atoms with Crippen LogP contribution >= 0.6 is 0 Å². The predicted molar refractivity (Wildman–Crippen MR) is 126 cm³/mol. The largest absolute Gasteiger partial charge is 0.435 e. The highest BCUT2D eigenvalue weighted by atomic mass is 32.2. The molecule has 232 valence electrons. The van der Waals surface area contributed by atoms with Gasteiger partial charge in [-0.3, -0.25) is 4.79 Å². The van der Waals surface area contributed by atoms with E-state index in [4.69, 9.17) is 4.74 Å². The highest BCUT2D eigenvalue weighted by molar-refractivity contribution is 7.92. The van der Waals surface area contributed by atoms with Gasteiger partial charge < -0.3 is 9.64 Å². The second-order valence-electron chi connectivity index (χ2n) is 10.5. The zero-order valence-electron chi connectivity index (χ0n) is 21.6. The minimum Gasteiger partial charge on any atom is -0.359 e. The summed E-state index contributed by atoms with van der Waals surface area (Å²) in [5.74, 6) is -4.86. The highest BCUT2D eigenvalue weighted by Gasteiger charge is 2.73. The van der Waals surface area contributed by atoms with Crippen molar-refractivity contribution in [3.05, 3.63) is 65.5 Å². The van der Waals surface area contributed by atoms with Gasteiger partial charge in [0.2, 0.25) is 0 Å². The van der Waals surface area contributed by atoms with Gasteiger partial charge in [0.05, 0.1) is 4.90 Å². The lowest BCUT2D eigenvalue weighted by Gasteiger charge is -2.39. The maximum atomic E-state index is 14.6. The van der Waals surface area contributed by atoms with Crippen LogP contribution in [0, 0.1) is 5.82 Å². The third kappa shape index (κ3) is 5.13. The molecule has 0 aliphatic carbocycles. The number of carbonyl (C=O) groups excluding carboxylic acids is 1. The van der Waals surface area contributed by atoms with Crippen LogP contribution < -0.4 is 0 Å². The second kappa shape index (κ2) is 10.1. The van der Waals surface area contributed by atoms with E-state index < -0.39 is 98.7 Å². The fourth-order valence-corrected chi connectivity index (χ4v) is 7.31. The van der Waals surface area contributed by atoms with Crippen molar-refractivity contribution in [1.29, 1.82) is 0 Å². The number of benzene rings is 2. The average molecular weight is 636 g/mol. The van der Waals surface area contributed by atoms with Gasteiger partial charge in [0.1, 0.15) is 22.8 Å². The highest BCUT2D eigenvalue weighted by Crippen LogP contribution is 2.54. The van der Waals surface area contributed by atoms with Crippen molar-refractivity contribution in [3.8, 4) is 0 Å². The van der Waals surface area contributed by atoms with E-state index in [0.717, 1.165) is 29.2 Å². The first-order valence-electron chi connectivity index (χ1n) is 12.3. The van der Waals surface area contributed by atoms with E-state index in [1.54, 1.807) is 0 Å². The molecule has 5 nitrogen and oxygen atoms in total. The lowest BCUT2D eigenvalue weighted by atomic mass is 9.90. The van der Waals surface area contributed by atoms with E-state index in [-0.39, 0.29) is 24.2 Å². The van der Waals surface area contributed by atoms with Crippen LogP contribution in [0.4, 0.5) is 43.9 Å². The van der Waals surface area contributed by atoms with Gasteiger partial charge in [-0.05, 0) is 49.6 Å². The van der Waals surface area contributed by atoms with Gasteiger partial charge in [0.25, 0.3) is 11.8 Å². The lowest BCUT2D eigenvalue weighted by Crippen LogP contribution is -2.54. The molecule has 42 heavy (non-hydrogen) atoms. The fourth-order valence-electron chi connectivity index (χ4n) is 5.23. The molecule has 2 aromatic rings. The molecule has 1 amide bonds. The van der Waals surface area contributed by atoms with Crippen LogP contribution in [0.5, 0.6) is 0 Å². The molecular weight excluding hydrogens is 612 g/mol. The summed E-state index contributed by atoms with van der Waals surface area (Å²) in [5.41, 5.74) is -9.77. The second-order valence-corrected chi connectivity index (χ2v) is 12.8. The Labute approximate surface area is 233 Å². The molecule has 2 heterocycles. The summed E-state index contributed by atoms with van der Waals surface area (Å²) < 4.78 is 166. The molecule has 0 radical (unpaired) electrons. The summed E-state index contributed by atoms with van der Waals surface area (Å²) in [7, 11) is -4.67. The van der Waals surface area contributed by atoms with Crippen LogP contribution in [0.25, 0.3) is 0 Å². The molecule has 0 spiro atoms. The van der Waals surface area contributed by atoms with Gasteiger partial charge in [-0.25, -0.2) is 26.0 Å². The Morgan fingerprint density at radius 2 is 1.40 bits per heavy atom. The molecule has 2 atom stereocenters. The van der Waals surface area contributed by atoms with Crippen LogP contribution in [-0.2, 0) is 29.8 Å². The van der Waals surface area contributed by atoms with Crippen LogP contribution in [0.1, 0.15) is 37.3 Å².